The van der Waals surface area contributed by atoms with Gasteiger partial charge in [0.25, 0.3) is 5.91 Å². The average Bonchev–Trinajstić information content (AvgIpc) is 3.04. The first-order chi connectivity index (χ1) is 17.9. The van der Waals surface area contributed by atoms with Crippen molar-refractivity contribution in [3.05, 3.63) is 65.0 Å². The number of nitrogens with zero attached hydrogens (tertiary/aromatic N) is 5. The highest BCUT2D eigenvalue weighted by Crippen LogP contribution is 2.34. The van der Waals surface area contributed by atoms with Crippen LogP contribution in [0.5, 0.6) is 0 Å². The van der Waals surface area contributed by atoms with Crippen LogP contribution in [0.15, 0.2) is 48.7 Å². The monoisotopic (exact) mass is 524 g/mol. The van der Waals surface area contributed by atoms with Crippen LogP contribution in [0, 0.1) is 6.92 Å². The summed E-state index contributed by atoms with van der Waals surface area (Å²) in [5, 5.41) is 3.50. The van der Waals surface area contributed by atoms with E-state index in [1.54, 1.807) is 36.5 Å². The van der Waals surface area contributed by atoms with Crippen molar-refractivity contribution in [1.82, 2.24) is 24.3 Å². The van der Waals surface area contributed by atoms with Gasteiger partial charge in [0.05, 0.1) is 22.1 Å². The van der Waals surface area contributed by atoms with Crippen LogP contribution in [0.25, 0.3) is 11.0 Å². The number of nitrogens with one attached hydrogen (secondary N) is 1. The maximum atomic E-state index is 13.1. The second-order valence-corrected chi connectivity index (χ2v) is 10.1. The lowest BCUT2D eigenvalue weighted by molar-refractivity contribution is -0.126. The van der Waals surface area contributed by atoms with Gasteiger partial charge in [0.15, 0.2) is 0 Å². The van der Waals surface area contributed by atoms with E-state index in [9.17, 15) is 14.0 Å². The summed E-state index contributed by atoms with van der Waals surface area (Å²) in [6.45, 7) is 4.36. The number of aromatic nitrogens is 3. The number of rotatable bonds is 6. The quantitative estimate of drug-likeness (QED) is 0.483. The Bertz CT molecular complexity index is 1340. The number of carbonyl (C=O) groups excluding carboxylic acids is 2. The molecule has 37 heavy (non-hydrogen) atoms. The van der Waals surface area contributed by atoms with Gasteiger partial charge in [-0.25, -0.2) is 9.37 Å². The predicted molar refractivity (Wildman–Crippen MR) is 142 cm³/mol. The molecule has 194 valence electrons. The molecule has 0 saturated carbocycles. The summed E-state index contributed by atoms with van der Waals surface area (Å²) in [5.41, 5.74) is 2.64. The normalized spacial score (nSPS) is 19.2. The Morgan fingerprint density at radius 2 is 2.05 bits per heavy atom. The zero-order valence-electron chi connectivity index (χ0n) is 20.7. The van der Waals surface area contributed by atoms with Crippen LogP contribution < -0.4 is 5.32 Å². The van der Waals surface area contributed by atoms with Crippen molar-refractivity contribution in [3.63, 3.8) is 0 Å². The molecule has 10 heteroatoms. The van der Waals surface area contributed by atoms with Gasteiger partial charge in [0.2, 0.25) is 11.9 Å². The number of hydrogen-bond donors (Lipinski definition) is 1. The van der Waals surface area contributed by atoms with Crippen LogP contribution in [0.2, 0.25) is 5.02 Å². The van der Waals surface area contributed by atoms with E-state index >= 15 is 0 Å². The molecule has 3 aromatic rings. The van der Waals surface area contributed by atoms with Crippen molar-refractivity contribution >= 4 is 40.4 Å². The number of fused-ring (bicyclic) bond motifs is 1. The number of halogens is 2. The van der Waals surface area contributed by atoms with E-state index in [0.717, 1.165) is 30.5 Å². The Balaban J connectivity index is 1.41. The average molecular weight is 525 g/mol. The number of pyridine rings is 1. The number of hydrogen-bond acceptors (Lipinski definition) is 5. The van der Waals surface area contributed by atoms with Crippen LogP contribution in [0.3, 0.4) is 0 Å². The molecule has 1 atom stereocenters. The molecule has 2 amide bonds. The molecule has 2 saturated heterocycles. The zero-order chi connectivity index (χ0) is 25.9. The summed E-state index contributed by atoms with van der Waals surface area (Å²) < 4.78 is 15.0. The topological polar surface area (TPSA) is 83.4 Å². The number of likely N-dealkylation sites (tertiary alicyclic amines) is 2. The standard InChI is InChI=1S/C27H30ClFN6O2/c1-18-14-19(10-11-30-18)26(37)32-27-31-23-8-4-7-22(28)25(23)35(27)21-6-2-3-13-34(17-21)24(36)9-5-12-33-15-20(29)16-33/h4-5,7-11,14,20-21H,2-3,6,12-13,15-17H2,1H3,(H,31,32,37)/t21-/m1/s1. The lowest BCUT2D eigenvalue weighted by atomic mass is 10.1. The molecule has 2 aliphatic heterocycles. The summed E-state index contributed by atoms with van der Waals surface area (Å²) in [6, 6.07) is 8.76. The second kappa shape index (κ2) is 11.0. The highest BCUT2D eigenvalue weighted by Gasteiger charge is 2.28. The van der Waals surface area contributed by atoms with Crippen LogP contribution in [-0.2, 0) is 4.79 Å². The number of amides is 2. The van der Waals surface area contributed by atoms with Gasteiger partial charge in [-0.05, 0) is 50.5 Å². The highest BCUT2D eigenvalue weighted by molar-refractivity contribution is 6.35. The smallest absolute Gasteiger partial charge is 0.258 e. The lowest BCUT2D eigenvalue weighted by Crippen LogP contribution is -2.48. The van der Waals surface area contributed by atoms with E-state index in [2.05, 4.69) is 10.3 Å². The molecule has 2 aliphatic rings. The fourth-order valence-corrected chi connectivity index (χ4v) is 5.27. The van der Waals surface area contributed by atoms with Crippen LogP contribution >= 0.6 is 11.6 Å². The number of benzene rings is 1. The van der Waals surface area contributed by atoms with E-state index in [0.29, 0.717) is 54.8 Å². The Morgan fingerprint density at radius 3 is 2.84 bits per heavy atom. The minimum Gasteiger partial charge on any atom is -0.337 e. The van der Waals surface area contributed by atoms with Crippen molar-refractivity contribution in [2.45, 2.75) is 38.4 Å². The third kappa shape index (κ3) is 5.67. The second-order valence-electron chi connectivity index (χ2n) is 9.71. The molecule has 0 bridgehead atoms. The van der Waals surface area contributed by atoms with Gasteiger partial charge < -0.3 is 9.47 Å². The van der Waals surface area contributed by atoms with E-state index in [1.807, 2.05) is 33.4 Å². The number of imidazole rings is 1. The molecule has 2 fully saturated rings. The molecular weight excluding hydrogens is 495 g/mol. The van der Waals surface area contributed by atoms with Crippen molar-refractivity contribution in [2.24, 2.45) is 0 Å². The molecule has 8 nitrogen and oxygen atoms in total. The Hall–Kier alpha value is -3.30. The molecule has 0 radical (unpaired) electrons. The number of anilines is 1. The Kier molecular flexibility index (Phi) is 7.53. The number of para-hydroxylation sites is 1. The number of carbonyl (C=O) groups is 2. The Labute approximate surface area is 220 Å². The van der Waals surface area contributed by atoms with E-state index in [-0.39, 0.29) is 17.9 Å². The van der Waals surface area contributed by atoms with Gasteiger partial charge in [-0.3, -0.25) is 24.8 Å². The summed E-state index contributed by atoms with van der Waals surface area (Å²) in [6.07, 6.45) is 6.85. The van der Waals surface area contributed by atoms with Crippen LogP contribution in [0.4, 0.5) is 10.3 Å². The molecule has 0 spiro atoms. The van der Waals surface area contributed by atoms with Crippen molar-refractivity contribution in [1.29, 1.82) is 0 Å². The predicted octanol–water partition coefficient (Wildman–Crippen LogP) is 4.41. The van der Waals surface area contributed by atoms with E-state index in [4.69, 9.17) is 16.6 Å². The summed E-state index contributed by atoms with van der Waals surface area (Å²) in [5.74, 6) is 0.0396. The molecule has 1 aromatic carbocycles. The van der Waals surface area contributed by atoms with Gasteiger partial charge >= 0.3 is 0 Å². The van der Waals surface area contributed by atoms with Gasteiger partial charge in [-0.1, -0.05) is 23.7 Å². The third-order valence-electron chi connectivity index (χ3n) is 6.91. The van der Waals surface area contributed by atoms with Crippen LogP contribution in [0.1, 0.15) is 41.4 Å². The molecule has 4 heterocycles. The molecule has 0 aliphatic carbocycles. The molecule has 2 aromatic heterocycles. The first kappa shape index (κ1) is 25.4. The van der Waals surface area contributed by atoms with E-state index < -0.39 is 6.17 Å². The molecule has 1 N–H and O–H groups in total. The van der Waals surface area contributed by atoms with E-state index in [1.165, 1.54) is 0 Å². The fourth-order valence-electron chi connectivity index (χ4n) is 5.01. The Morgan fingerprint density at radius 1 is 1.22 bits per heavy atom. The first-order valence-corrected chi connectivity index (χ1v) is 13.0. The maximum absolute atomic E-state index is 13.1. The summed E-state index contributed by atoms with van der Waals surface area (Å²) >= 11 is 6.63. The molecule has 0 unspecified atom stereocenters. The maximum Gasteiger partial charge on any atom is 0.258 e. The zero-order valence-corrected chi connectivity index (χ0v) is 21.5. The fraction of sp³-hybridized carbons (Fsp3) is 0.407. The molecule has 5 rings (SSSR count). The first-order valence-electron chi connectivity index (χ1n) is 12.6. The number of aryl methyl sites for hydroxylation is 1. The largest absolute Gasteiger partial charge is 0.337 e. The highest BCUT2D eigenvalue weighted by atomic mass is 35.5. The van der Waals surface area contributed by atoms with Gasteiger partial charge in [-0.15, -0.1) is 0 Å². The van der Waals surface area contributed by atoms with Gasteiger partial charge in [0, 0.05) is 56.3 Å². The SMILES string of the molecule is Cc1cc(C(=O)Nc2nc3cccc(Cl)c3n2[C@@H]2CCCCN(C(=O)C=CCN3CC(F)C3)C2)ccn1. The van der Waals surface area contributed by atoms with Crippen molar-refractivity contribution < 1.29 is 14.0 Å². The summed E-state index contributed by atoms with van der Waals surface area (Å²) in [4.78, 5) is 38.8. The lowest BCUT2D eigenvalue weighted by Gasteiger charge is -2.33. The third-order valence-corrected chi connectivity index (χ3v) is 7.21. The number of alkyl halides is 1. The summed E-state index contributed by atoms with van der Waals surface area (Å²) in [7, 11) is 0. The van der Waals surface area contributed by atoms with Crippen molar-refractivity contribution in [3.8, 4) is 0 Å². The minimum absolute atomic E-state index is 0.0717. The molecular formula is C27H30ClFN6O2. The van der Waals surface area contributed by atoms with Gasteiger partial charge in [0.1, 0.15) is 6.17 Å². The van der Waals surface area contributed by atoms with Gasteiger partial charge in [-0.2, -0.15) is 0 Å². The van der Waals surface area contributed by atoms with Crippen LogP contribution in [-0.4, -0.2) is 75.0 Å². The minimum atomic E-state index is -0.760. The van der Waals surface area contributed by atoms with Crippen molar-refractivity contribution in [2.75, 3.05) is 38.0 Å².